The number of aliphatic hydroxyl groups excluding tert-OH is 1. The number of hydrogen-bond acceptors (Lipinski definition) is 10. The Morgan fingerprint density at radius 1 is 0.861 bits per heavy atom. The lowest BCUT2D eigenvalue weighted by molar-refractivity contribution is -0.152. The Bertz CT molecular complexity index is 1220. The van der Waals surface area contributed by atoms with Gasteiger partial charge in [-0.25, -0.2) is 0 Å². The van der Waals surface area contributed by atoms with Crippen LogP contribution in [-0.2, 0) is 19.9 Å². The first-order valence-electron chi connectivity index (χ1n) is 11.0. The van der Waals surface area contributed by atoms with Gasteiger partial charge in [0, 0.05) is 17.5 Å². The van der Waals surface area contributed by atoms with Crippen LogP contribution in [0.25, 0.3) is 5.76 Å². The second-order valence-corrected chi connectivity index (χ2v) is 7.90. The van der Waals surface area contributed by atoms with Gasteiger partial charge in [-0.3, -0.25) is 9.59 Å². The molecule has 0 spiro atoms. The molecular formula is C26H30O10. The predicted octanol–water partition coefficient (Wildman–Crippen LogP) is 3.02. The summed E-state index contributed by atoms with van der Waals surface area (Å²) in [6.45, 7) is 1.58. The Balaban J connectivity index is 2.61. The number of esters is 1. The van der Waals surface area contributed by atoms with Crippen molar-refractivity contribution in [2.24, 2.45) is 5.92 Å². The molecule has 2 N–H and O–H groups in total. The average Bonchev–Trinajstić information content (AvgIpc) is 2.91. The van der Waals surface area contributed by atoms with Crippen LogP contribution < -0.4 is 23.7 Å². The van der Waals surface area contributed by atoms with Gasteiger partial charge < -0.3 is 38.6 Å². The molecule has 0 fully saturated rings. The van der Waals surface area contributed by atoms with Crippen LogP contribution in [0.1, 0.15) is 30.0 Å². The van der Waals surface area contributed by atoms with Gasteiger partial charge in [0.15, 0.2) is 28.8 Å². The summed E-state index contributed by atoms with van der Waals surface area (Å²) in [4.78, 5) is 26.4. The van der Waals surface area contributed by atoms with Crippen molar-refractivity contribution in [2.45, 2.75) is 18.9 Å². The Morgan fingerprint density at radius 3 is 1.97 bits per heavy atom. The third-order valence-corrected chi connectivity index (χ3v) is 6.31. The molecule has 2 aromatic rings. The zero-order chi connectivity index (χ0) is 26.8. The fourth-order valence-corrected chi connectivity index (χ4v) is 4.63. The number of carbonyl (C=O) groups is 2. The number of ether oxygens (including phenoxy) is 6. The predicted molar refractivity (Wildman–Crippen MR) is 129 cm³/mol. The molecule has 1 aliphatic carbocycles. The van der Waals surface area contributed by atoms with Crippen molar-refractivity contribution in [1.82, 2.24) is 0 Å². The minimum atomic E-state index is -2.28. The molecule has 2 atom stereocenters. The number of benzene rings is 2. The Labute approximate surface area is 208 Å². The van der Waals surface area contributed by atoms with Gasteiger partial charge in [0.25, 0.3) is 0 Å². The van der Waals surface area contributed by atoms with Gasteiger partial charge in [0.2, 0.25) is 5.75 Å². The van der Waals surface area contributed by atoms with E-state index in [2.05, 4.69) is 0 Å². The van der Waals surface area contributed by atoms with E-state index < -0.39 is 29.0 Å². The zero-order valence-corrected chi connectivity index (χ0v) is 21.3. The molecule has 3 rings (SSSR count). The molecule has 0 saturated heterocycles. The number of carbonyl (C=O) groups excluding carboxylic acids is 2. The summed E-state index contributed by atoms with van der Waals surface area (Å²) in [5.41, 5.74) is -2.42. The van der Waals surface area contributed by atoms with E-state index >= 15 is 0 Å². The summed E-state index contributed by atoms with van der Waals surface area (Å²) >= 11 is 0. The number of Topliss-reactive ketones (excluding diaryl/α,β-unsaturated/α-hetero) is 1. The van der Waals surface area contributed by atoms with Crippen LogP contribution in [0.4, 0.5) is 0 Å². The first-order chi connectivity index (χ1) is 17.2. The maximum absolute atomic E-state index is 13.3. The average molecular weight is 503 g/mol. The third kappa shape index (κ3) is 3.87. The molecule has 0 aromatic heterocycles. The number of rotatable bonds is 9. The summed E-state index contributed by atoms with van der Waals surface area (Å²) in [7, 11) is 8.12. The fraction of sp³-hybridized carbons (Fsp3) is 0.385. The van der Waals surface area contributed by atoms with Crippen LogP contribution in [0, 0.1) is 5.92 Å². The quantitative estimate of drug-likeness (QED) is 0.494. The van der Waals surface area contributed by atoms with Crippen molar-refractivity contribution < 1.29 is 48.2 Å². The molecule has 1 aliphatic rings. The number of ketones is 1. The Morgan fingerprint density at radius 2 is 1.47 bits per heavy atom. The smallest absolute Gasteiger partial charge is 0.317 e. The van der Waals surface area contributed by atoms with E-state index in [0.29, 0.717) is 5.75 Å². The fourth-order valence-electron chi connectivity index (χ4n) is 4.63. The van der Waals surface area contributed by atoms with Crippen LogP contribution in [0.3, 0.4) is 0 Å². The summed E-state index contributed by atoms with van der Waals surface area (Å²) < 4.78 is 32.3. The zero-order valence-electron chi connectivity index (χ0n) is 21.3. The Kier molecular flexibility index (Phi) is 7.68. The number of methoxy groups -OCH3 is 6. The number of aliphatic hydroxyl groups is 2. The number of fused-ring (bicyclic) bond motifs is 1. The highest BCUT2D eigenvalue weighted by atomic mass is 16.5. The summed E-state index contributed by atoms with van der Waals surface area (Å²) in [6.07, 6.45) is -0.0470. The molecule has 0 amide bonds. The van der Waals surface area contributed by atoms with Crippen LogP contribution in [-0.4, -0.2) is 64.6 Å². The molecule has 0 aliphatic heterocycles. The van der Waals surface area contributed by atoms with Crippen LogP contribution in [0.15, 0.2) is 29.8 Å². The third-order valence-electron chi connectivity index (χ3n) is 6.31. The molecule has 0 bridgehead atoms. The van der Waals surface area contributed by atoms with Crippen molar-refractivity contribution in [2.75, 3.05) is 42.7 Å². The summed E-state index contributed by atoms with van der Waals surface area (Å²) in [5, 5.41) is 23.9. The van der Waals surface area contributed by atoms with Gasteiger partial charge in [-0.05, 0) is 23.8 Å². The van der Waals surface area contributed by atoms with E-state index in [1.165, 1.54) is 53.7 Å². The highest BCUT2D eigenvalue weighted by molar-refractivity contribution is 6.08. The molecule has 0 radical (unpaired) electrons. The molecule has 194 valence electrons. The SMILES string of the molecule is CCC(=O)C1=C(O)c2cc(OC)c(OC)c(OC)c2C(O)(c2ccc(OC)c(OC)c2)C1C(=O)OC. The first kappa shape index (κ1) is 26.7. The minimum absolute atomic E-state index is 0.00687. The van der Waals surface area contributed by atoms with Gasteiger partial charge >= 0.3 is 5.97 Å². The van der Waals surface area contributed by atoms with Crippen LogP contribution >= 0.6 is 0 Å². The lowest BCUT2D eigenvalue weighted by Gasteiger charge is -2.42. The summed E-state index contributed by atoms with van der Waals surface area (Å²) in [6, 6.07) is 5.96. The van der Waals surface area contributed by atoms with E-state index in [9.17, 15) is 19.8 Å². The van der Waals surface area contributed by atoms with Gasteiger partial charge in [0.05, 0.1) is 48.2 Å². The lowest BCUT2D eigenvalue weighted by Crippen LogP contribution is -2.47. The van der Waals surface area contributed by atoms with Crippen molar-refractivity contribution in [3.05, 3.63) is 46.5 Å². The van der Waals surface area contributed by atoms with Gasteiger partial charge in [0.1, 0.15) is 17.3 Å². The first-order valence-corrected chi connectivity index (χ1v) is 11.0. The van der Waals surface area contributed by atoms with E-state index in [0.717, 1.165) is 7.11 Å². The van der Waals surface area contributed by atoms with E-state index in [4.69, 9.17) is 28.4 Å². The highest BCUT2D eigenvalue weighted by Gasteiger charge is 2.56. The molecule has 10 nitrogen and oxygen atoms in total. The molecule has 2 unspecified atom stereocenters. The maximum atomic E-state index is 13.3. The topological polar surface area (TPSA) is 130 Å². The van der Waals surface area contributed by atoms with Crippen molar-refractivity contribution >= 4 is 17.5 Å². The molecular weight excluding hydrogens is 472 g/mol. The van der Waals surface area contributed by atoms with Gasteiger partial charge in [-0.2, -0.15) is 0 Å². The van der Waals surface area contributed by atoms with Crippen molar-refractivity contribution in [3.8, 4) is 28.7 Å². The lowest BCUT2D eigenvalue weighted by atomic mass is 9.65. The van der Waals surface area contributed by atoms with Gasteiger partial charge in [-0.1, -0.05) is 13.0 Å². The Hall–Kier alpha value is -3.92. The second kappa shape index (κ2) is 10.4. The monoisotopic (exact) mass is 502 g/mol. The largest absolute Gasteiger partial charge is 0.507 e. The van der Waals surface area contributed by atoms with Crippen molar-refractivity contribution in [3.63, 3.8) is 0 Å². The minimum Gasteiger partial charge on any atom is -0.507 e. The van der Waals surface area contributed by atoms with Gasteiger partial charge in [-0.15, -0.1) is 0 Å². The van der Waals surface area contributed by atoms with E-state index in [1.54, 1.807) is 13.0 Å². The number of hydrogen-bond donors (Lipinski definition) is 2. The standard InChI is InChI=1S/C26H30O10/c1-8-15(27)19-21(25(29)36-7)26(30,13-9-10-16(31-2)17(11-13)32-3)20-14(22(19)28)12-18(33-4)23(34-5)24(20)35-6/h9-12,21,28,30H,8H2,1-7H3. The van der Waals surface area contributed by atoms with E-state index in [-0.39, 0.29) is 51.7 Å². The second-order valence-electron chi connectivity index (χ2n) is 7.90. The molecule has 2 aromatic carbocycles. The highest BCUT2D eigenvalue weighted by Crippen LogP contribution is 2.57. The van der Waals surface area contributed by atoms with Crippen LogP contribution in [0.2, 0.25) is 0 Å². The van der Waals surface area contributed by atoms with Crippen molar-refractivity contribution in [1.29, 1.82) is 0 Å². The van der Waals surface area contributed by atoms with E-state index in [1.807, 2.05) is 0 Å². The van der Waals surface area contributed by atoms with Crippen LogP contribution in [0.5, 0.6) is 28.7 Å². The summed E-state index contributed by atoms with van der Waals surface area (Å²) in [5.74, 6) is -2.75. The normalized spacial score (nSPS) is 18.7. The maximum Gasteiger partial charge on any atom is 0.317 e. The molecule has 10 heteroatoms. The molecule has 0 saturated carbocycles. The molecule has 0 heterocycles. The molecule has 36 heavy (non-hydrogen) atoms.